The third kappa shape index (κ3) is 6.60. The number of anilines is 1. The number of piperidine rings is 1. The van der Waals surface area contributed by atoms with Crippen molar-refractivity contribution in [3.05, 3.63) is 99.0 Å². The summed E-state index contributed by atoms with van der Waals surface area (Å²) in [7, 11) is 0. The molecule has 0 bridgehead atoms. The third-order valence-corrected chi connectivity index (χ3v) is 7.67. The molecule has 4 nitrogen and oxygen atoms in total. The maximum atomic E-state index is 10.9. The van der Waals surface area contributed by atoms with Crippen LogP contribution >= 0.6 is 23.2 Å². The zero-order valence-corrected chi connectivity index (χ0v) is 22.0. The van der Waals surface area contributed by atoms with Crippen molar-refractivity contribution in [2.24, 2.45) is 5.92 Å². The molecule has 2 N–H and O–H groups in total. The Balaban J connectivity index is 1.54. The predicted molar refractivity (Wildman–Crippen MR) is 146 cm³/mol. The summed E-state index contributed by atoms with van der Waals surface area (Å²) in [4.78, 5) is 2.37. The molecule has 0 aromatic heterocycles. The van der Waals surface area contributed by atoms with Gasteiger partial charge in [-0.2, -0.15) is 5.26 Å². The van der Waals surface area contributed by atoms with Crippen molar-refractivity contribution in [3.8, 4) is 6.07 Å². The molecule has 0 aliphatic carbocycles. The van der Waals surface area contributed by atoms with Crippen LogP contribution in [-0.2, 0) is 6.42 Å². The molecule has 3 aromatic rings. The van der Waals surface area contributed by atoms with E-state index in [4.69, 9.17) is 28.5 Å². The SMILES string of the molecule is C[C@H](O)CCc1ccc(N2CCC(C[C@@H](O)c3ccc(C#N)cc3)C[C@H]2c2ccc(Cl)cc2)c(Cl)c1. The Morgan fingerprint density at radius 2 is 1.75 bits per heavy atom. The zero-order chi connectivity index (χ0) is 25.7. The average Bonchev–Trinajstić information content (AvgIpc) is 2.88. The van der Waals surface area contributed by atoms with Crippen LogP contribution in [0, 0.1) is 17.2 Å². The number of nitrogens with zero attached hydrogens (tertiary/aromatic N) is 2. The monoisotopic (exact) mass is 522 g/mol. The fourth-order valence-electron chi connectivity index (χ4n) is 5.09. The molecule has 1 fully saturated rings. The standard InChI is InChI=1S/C30H32Cl2N2O2/c1-20(35)2-3-21-6-13-28(27(32)16-21)34-15-14-23(17-29(34)24-9-11-26(31)12-10-24)18-30(36)25-7-4-22(19-33)5-8-25/h4-13,16,20,23,29-30,35-36H,2-3,14-15,17-18H2,1H3/t20-,23?,29-,30+/m0/s1. The van der Waals surface area contributed by atoms with Crippen LogP contribution in [0.5, 0.6) is 0 Å². The number of halogens is 2. The lowest BCUT2D eigenvalue weighted by molar-refractivity contribution is 0.130. The van der Waals surface area contributed by atoms with Crippen molar-refractivity contribution in [2.45, 2.75) is 57.3 Å². The van der Waals surface area contributed by atoms with Gasteiger partial charge in [-0.25, -0.2) is 0 Å². The fourth-order valence-corrected chi connectivity index (χ4v) is 5.53. The molecule has 0 saturated carbocycles. The van der Waals surface area contributed by atoms with Gasteiger partial charge in [0.15, 0.2) is 0 Å². The number of aliphatic hydroxyl groups excluding tert-OH is 2. The van der Waals surface area contributed by atoms with E-state index in [1.165, 1.54) is 5.56 Å². The minimum absolute atomic E-state index is 0.106. The van der Waals surface area contributed by atoms with Crippen LogP contribution < -0.4 is 4.90 Å². The van der Waals surface area contributed by atoms with Crippen LogP contribution in [-0.4, -0.2) is 22.9 Å². The number of rotatable bonds is 8. The summed E-state index contributed by atoms with van der Waals surface area (Å²) < 4.78 is 0. The topological polar surface area (TPSA) is 67.5 Å². The first-order valence-electron chi connectivity index (χ1n) is 12.5. The molecular formula is C30H32Cl2N2O2. The van der Waals surface area contributed by atoms with E-state index < -0.39 is 6.10 Å². The van der Waals surface area contributed by atoms with Gasteiger partial charge in [0.05, 0.1) is 40.6 Å². The lowest BCUT2D eigenvalue weighted by Crippen LogP contribution is -2.37. The minimum Gasteiger partial charge on any atom is -0.393 e. The number of benzene rings is 3. The van der Waals surface area contributed by atoms with Crippen LogP contribution in [0.2, 0.25) is 10.0 Å². The fraction of sp³-hybridized carbons (Fsp3) is 0.367. The van der Waals surface area contributed by atoms with E-state index in [2.05, 4.69) is 35.2 Å². The highest BCUT2D eigenvalue weighted by Gasteiger charge is 2.32. The number of hydrogen-bond acceptors (Lipinski definition) is 4. The Labute approximate surface area is 223 Å². The summed E-state index contributed by atoms with van der Waals surface area (Å²) in [5.74, 6) is 0.330. The highest BCUT2D eigenvalue weighted by Crippen LogP contribution is 2.43. The van der Waals surface area contributed by atoms with Gasteiger partial charge in [0.1, 0.15) is 0 Å². The summed E-state index contributed by atoms with van der Waals surface area (Å²) in [5.41, 5.74) is 4.73. The lowest BCUT2D eigenvalue weighted by atomic mass is 9.82. The normalized spacial score (nSPS) is 19.5. The van der Waals surface area contributed by atoms with Crippen molar-refractivity contribution in [1.82, 2.24) is 0 Å². The summed E-state index contributed by atoms with van der Waals surface area (Å²) >= 11 is 13.0. The average molecular weight is 524 g/mol. The van der Waals surface area contributed by atoms with Crippen LogP contribution in [0.3, 0.4) is 0 Å². The number of hydrogen-bond donors (Lipinski definition) is 2. The van der Waals surface area contributed by atoms with Gasteiger partial charge < -0.3 is 15.1 Å². The smallest absolute Gasteiger partial charge is 0.0991 e. The van der Waals surface area contributed by atoms with Crippen molar-refractivity contribution in [2.75, 3.05) is 11.4 Å². The highest BCUT2D eigenvalue weighted by atomic mass is 35.5. The molecule has 4 rings (SSSR count). The molecule has 36 heavy (non-hydrogen) atoms. The summed E-state index contributed by atoms with van der Waals surface area (Å²) in [5, 5.41) is 31.0. The first-order chi connectivity index (χ1) is 17.3. The van der Waals surface area contributed by atoms with Gasteiger partial charge in [-0.05, 0) is 98.0 Å². The zero-order valence-electron chi connectivity index (χ0n) is 20.4. The second kappa shape index (κ2) is 12.1. The molecule has 1 aliphatic heterocycles. The minimum atomic E-state index is -0.572. The predicted octanol–water partition coefficient (Wildman–Crippen LogP) is 7.26. The van der Waals surface area contributed by atoms with Crippen molar-refractivity contribution >= 4 is 28.9 Å². The second-order valence-corrected chi connectivity index (χ2v) is 10.7. The van der Waals surface area contributed by atoms with Gasteiger partial charge in [0.25, 0.3) is 0 Å². The van der Waals surface area contributed by atoms with E-state index >= 15 is 0 Å². The Morgan fingerprint density at radius 3 is 2.39 bits per heavy atom. The molecule has 1 saturated heterocycles. The Bertz CT molecular complexity index is 1190. The van der Waals surface area contributed by atoms with Gasteiger partial charge in [-0.3, -0.25) is 0 Å². The Morgan fingerprint density at radius 1 is 1.03 bits per heavy atom. The van der Waals surface area contributed by atoms with Gasteiger partial charge >= 0.3 is 0 Å². The molecule has 188 valence electrons. The van der Waals surface area contributed by atoms with E-state index in [1.54, 1.807) is 19.1 Å². The van der Waals surface area contributed by atoms with Crippen LogP contribution in [0.4, 0.5) is 5.69 Å². The molecule has 6 heteroatoms. The molecule has 0 radical (unpaired) electrons. The van der Waals surface area contributed by atoms with Crippen LogP contribution in [0.25, 0.3) is 0 Å². The van der Waals surface area contributed by atoms with Crippen LogP contribution in [0.15, 0.2) is 66.7 Å². The van der Waals surface area contributed by atoms with E-state index in [0.29, 0.717) is 34.4 Å². The third-order valence-electron chi connectivity index (χ3n) is 7.12. The van der Waals surface area contributed by atoms with E-state index in [1.807, 2.05) is 30.3 Å². The quantitative estimate of drug-likeness (QED) is 0.326. The van der Waals surface area contributed by atoms with E-state index in [0.717, 1.165) is 42.6 Å². The Hall–Kier alpha value is -2.55. The molecule has 1 aliphatic rings. The van der Waals surface area contributed by atoms with Crippen molar-refractivity contribution in [3.63, 3.8) is 0 Å². The second-order valence-electron chi connectivity index (χ2n) is 9.81. The summed E-state index contributed by atoms with van der Waals surface area (Å²) in [6.07, 6.45) is 3.07. The number of aryl methyl sites for hydroxylation is 1. The maximum absolute atomic E-state index is 10.9. The molecule has 3 aromatic carbocycles. The Kier molecular flexibility index (Phi) is 8.93. The molecule has 0 spiro atoms. The summed E-state index contributed by atoms with van der Waals surface area (Å²) in [6, 6.07) is 23.6. The highest BCUT2D eigenvalue weighted by molar-refractivity contribution is 6.33. The van der Waals surface area contributed by atoms with Crippen LogP contribution in [0.1, 0.15) is 67.0 Å². The van der Waals surface area contributed by atoms with E-state index in [-0.39, 0.29) is 12.1 Å². The first kappa shape index (κ1) is 26.5. The largest absolute Gasteiger partial charge is 0.393 e. The maximum Gasteiger partial charge on any atom is 0.0991 e. The van der Waals surface area contributed by atoms with Gasteiger partial charge in [0, 0.05) is 11.6 Å². The van der Waals surface area contributed by atoms with Gasteiger partial charge in [-0.1, -0.05) is 53.5 Å². The lowest BCUT2D eigenvalue weighted by Gasteiger charge is -2.42. The molecule has 1 heterocycles. The molecule has 4 atom stereocenters. The summed E-state index contributed by atoms with van der Waals surface area (Å²) in [6.45, 7) is 2.62. The van der Waals surface area contributed by atoms with Gasteiger partial charge in [-0.15, -0.1) is 0 Å². The van der Waals surface area contributed by atoms with E-state index in [9.17, 15) is 10.2 Å². The molecule has 1 unspecified atom stereocenters. The van der Waals surface area contributed by atoms with Crippen molar-refractivity contribution in [1.29, 1.82) is 5.26 Å². The number of nitriles is 1. The molecule has 0 amide bonds. The van der Waals surface area contributed by atoms with Crippen molar-refractivity contribution < 1.29 is 10.2 Å². The van der Waals surface area contributed by atoms with Gasteiger partial charge in [0.2, 0.25) is 0 Å². The molecular weight excluding hydrogens is 491 g/mol. The first-order valence-corrected chi connectivity index (χ1v) is 13.3. The number of aliphatic hydroxyl groups is 2.